The summed E-state index contributed by atoms with van der Waals surface area (Å²) in [5, 5.41) is 1.82. The molecule has 0 aromatic heterocycles. The molecule has 0 saturated carbocycles. The number of nitrogens with zero attached hydrogens (tertiary/aromatic N) is 1. The summed E-state index contributed by atoms with van der Waals surface area (Å²) in [6.45, 7) is 0. The van der Waals surface area contributed by atoms with Gasteiger partial charge in [0.05, 0.1) is 10.2 Å². The molecular weight excluding hydrogens is 430 g/mol. The maximum atomic E-state index is 11.7. The van der Waals surface area contributed by atoms with Crippen LogP contribution in [0.1, 0.15) is 5.56 Å². The number of benzene rings is 3. The molecule has 0 radical (unpaired) electrons. The molecule has 1 unspecified atom stereocenters. The average Bonchev–Trinajstić information content (AvgIpc) is 3.13. The Bertz CT molecular complexity index is 944. The van der Waals surface area contributed by atoms with Crippen LogP contribution in [-0.4, -0.2) is 4.39 Å². The third kappa shape index (κ3) is 4.62. The summed E-state index contributed by atoms with van der Waals surface area (Å²) in [5.74, 6) is 0. The van der Waals surface area contributed by atoms with Crippen molar-refractivity contribution in [2.45, 2.75) is 4.39 Å². The number of para-hydroxylation sites is 2. The van der Waals surface area contributed by atoms with E-state index in [2.05, 4.69) is 0 Å². The van der Waals surface area contributed by atoms with Gasteiger partial charge >= 0.3 is 4.39 Å². The summed E-state index contributed by atoms with van der Waals surface area (Å²) >= 11 is 2.31. The molecule has 0 fully saturated rings. The van der Waals surface area contributed by atoms with E-state index in [0.717, 1.165) is 22.2 Å². The zero-order valence-corrected chi connectivity index (χ0v) is 17.4. The van der Waals surface area contributed by atoms with Gasteiger partial charge in [0.25, 0.3) is 0 Å². The number of rotatable bonds is 6. The topological polar surface area (TPSA) is 81.6 Å². The summed E-state index contributed by atoms with van der Waals surface area (Å²) in [6, 6.07) is 28.0. The smallest absolute Gasteiger partial charge is 0.281 e. The van der Waals surface area contributed by atoms with E-state index in [1.54, 1.807) is 4.90 Å². The summed E-state index contributed by atoms with van der Waals surface area (Å²) in [7, 11) is -4.69. The van der Waals surface area contributed by atoms with Crippen molar-refractivity contribution in [3.05, 3.63) is 102 Å². The second-order valence-electron chi connectivity index (χ2n) is 6.05. The van der Waals surface area contributed by atoms with Gasteiger partial charge in [0.1, 0.15) is 4.29 Å². The lowest BCUT2D eigenvalue weighted by atomic mass is 10.2. The SMILES string of the molecule is [O-][Cl+3]([O-])([O-])OC1(N(c2ccccc2)c2ccccc2)SC=C(c2ccccc2)S1. The number of anilines is 2. The molecule has 1 aliphatic rings. The van der Waals surface area contributed by atoms with Crippen LogP contribution in [0.5, 0.6) is 0 Å². The van der Waals surface area contributed by atoms with Gasteiger partial charge < -0.3 is 0 Å². The highest BCUT2D eigenvalue weighted by atomic mass is 35.7. The number of halogens is 1. The molecule has 1 aliphatic heterocycles. The number of thioether (sulfide) groups is 2. The third-order valence-corrected chi connectivity index (χ3v) is 7.40. The van der Waals surface area contributed by atoms with Crippen LogP contribution < -0.4 is 18.9 Å². The fraction of sp³-hybridized carbons (Fsp3) is 0.0476. The fourth-order valence-corrected chi connectivity index (χ4v) is 6.48. The first-order valence-electron chi connectivity index (χ1n) is 8.61. The maximum absolute atomic E-state index is 11.7. The molecule has 3 aromatic rings. The highest BCUT2D eigenvalue weighted by molar-refractivity contribution is 8.27. The van der Waals surface area contributed by atoms with Crippen LogP contribution in [0.3, 0.4) is 0 Å². The average molecular weight is 446 g/mol. The number of hydrogen-bond donors (Lipinski definition) is 0. The lowest BCUT2D eigenvalue weighted by Gasteiger charge is -2.36. The van der Waals surface area contributed by atoms with Gasteiger partial charge in [-0.25, -0.2) is 0 Å². The molecule has 0 amide bonds. The van der Waals surface area contributed by atoms with Crippen LogP contribution in [0, 0.1) is 10.2 Å². The van der Waals surface area contributed by atoms with E-state index in [0.29, 0.717) is 11.4 Å². The van der Waals surface area contributed by atoms with Gasteiger partial charge in [0.15, 0.2) is 0 Å². The predicted molar refractivity (Wildman–Crippen MR) is 108 cm³/mol. The van der Waals surface area contributed by atoms with E-state index in [-0.39, 0.29) is 0 Å². The molecule has 29 heavy (non-hydrogen) atoms. The highest BCUT2D eigenvalue weighted by Gasteiger charge is 2.57. The Morgan fingerprint density at radius 1 is 0.724 bits per heavy atom. The van der Waals surface area contributed by atoms with Crippen LogP contribution in [0.2, 0.25) is 0 Å². The second kappa shape index (κ2) is 8.41. The fourth-order valence-electron chi connectivity index (χ4n) is 2.95. The van der Waals surface area contributed by atoms with Crippen molar-refractivity contribution < 1.29 is 28.5 Å². The van der Waals surface area contributed by atoms with Gasteiger partial charge in [0.2, 0.25) is 0 Å². The third-order valence-electron chi connectivity index (χ3n) is 4.11. The van der Waals surface area contributed by atoms with Crippen LogP contribution in [0.25, 0.3) is 4.91 Å². The van der Waals surface area contributed by atoms with Gasteiger partial charge in [-0.3, -0.25) is 4.90 Å². The minimum atomic E-state index is -4.69. The highest BCUT2D eigenvalue weighted by Crippen LogP contribution is 2.59. The summed E-state index contributed by atoms with van der Waals surface area (Å²) < 4.78 is 38.8. The molecule has 0 aliphatic carbocycles. The molecular formula is C21H16ClNO4S2. The molecule has 1 atom stereocenters. The van der Waals surface area contributed by atoms with Gasteiger partial charge in [-0.15, -0.1) is 0 Å². The van der Waals surface area contributed by atoms with Gasteiger partial charge in [-0.05, 0) is 58.8 Å². The second-order valence-corrected chi connectivity index (χ2v) is 9.44. The normalized spacial score (nSPS) is 19.1. The molecule has 0 N–H and O–H groups in total. The molecule has 1 heterocycles. The van der Waals surface area contributed by atoms with Gasteiger partial charge in [-0.1, -0.05) is 66.7 Å². The monoisotopic (exact) mass is 445 g/mol. The minimum Gasteiger partial charge on any atom is -0.281 e. The summed E-state index contributed by atoms with van der Waals surface area (Å²) in [6.07, 6.45) is 0. The lowest BCUT2D eigenvalue weighted by molar-refractivity contribution is -1.92. The van der Waals surface area contributed by atoms with Crippen molar-refractivity contribution in [1.82, 2.24) is 0 Å². The Balaban J connectivity index is 1.81. The van der Waals surface area contributed by atoms with E-state index in [1.807, 2.05) is 96.4 Å². The van der Waals surface area contributed by atoms with Crippen molar-refractivity contribution in [3.8, 4) is 0 Å². The van der Waals surface area contributed by atoms with Gasteiger partial charge in [-0.2, -0.15) is 14.0 Å². The molecule has 0 saturated heterocycles. The minimum absolute atomic E-state index is 0.695. The molecule has 0 bridgehead atoms. The first-order valence-corrected chi connectivity index (χ1v) is 11.5. The van der Waals surface area contributed by atoms with Crippen molar-refractivity contribution >= 4 is 39.8 Å². The largest absolute Gasteiger partial charge is 0.404 e. The molecule has 148 valence electrons. The van der Waals surface area contributed by atoms with Crippen molar-refractivity contribution in [2.75, 3.05) is 4.90 Å². The summed E-state index contributed by atoms with van der Waals surface area (Å²) in [5.41, 5.74) is 2.30. The molecule has 0 spiro atoms. The van der Waals surface area contributed by atoms with Crippen molar-refractivity contribution in [2.24, 2.45) is 0 Å². The number of hydrogen-bond acceptors (Lipinski definition) is 7. The van der Waals surface area contributed by atoms with E-state index in [1.165, 1.54) is 11.8 Å². The van der Waals surface area contributed by atoms with Crippen molar-refractivity contribution in [3.63, 3.8) is 0 Å². The quantitative estimate of drug-likeness (QED) is 0.539. The molecule has 8 heteroatoms. The Kier molecular flexibility index (Phi) is 5.89. The molecule has 4 rings (SSSR count). The van der Waals surface area contributed by atoms with Crippen LogP contribution >= 0.6 is 23.5 Å². The maximum Gasteiger partial charge on any atom is 0.404 e. The molecule has 3 aromatic carbocycles. The summed E-state index contributed by atoms with van der Waals surface area (Å²) in [4.78, 5) is 2.53. The Labute approximate surface area is 179 Å². The van der Waals surface area contributed by atoms with E-state index in [9.17, 15) is 14.0 Å². The van der Waals surface area contributed by atoms with Crippen LogP contribution in [0.15, 0.2) is 96.4 Å². The van der Waals surface area contributed by atoms with Gasteiger partial charge in [0, 0.05) is 16.3 Å². The van der Waals surface area contributed by atoms with Crippen molar-refractivity contribution in [1.29, 1.82) is 0 Å². The Hall–Kier alpha value is -1.97. The van der Waals surface area contributed by atoms with Crippen LogP contribution in [0.4, 0.5) is 11.4 Å². The lowest BCUT2D eigenvalue weighted by Crippen LogP contribution is -2.65. The first-order chi connectivity index (χ1) is 14.0. The van der Waals surface area contributed by atoms with E-state index in [4.69, 9.17) is 4.29 Å². The zero-order chi connectivity index (χ0) is 20.3. The first kappa shape index (κ1) is 20.3. The predicted octanol–water partition coefficient (Wildman–Crippen LogP) is 2.83. The standard InChI is InChI=1S/C21H16ClNO4S2/c24-22(25,26)27-21(28-16-20(29-21)17-10-4-1-5-11-17)23(18-12-6-2-7-13-18)19-14-8-3-9-15-19/h1-16H. The Morgan fingerprint density at radius 2 is 1.21 bits per heavy atom. The van der Waals surface area contributed by atoms with Crippen LogP contribution in [-0.2, 0) is 4.29 Å². The molecule has 5 nitrogen and oxygen atoms in total. The zero-order valence-electron chi connectivity index (χ0n) is 15.0. The van der Waals surface area contributed by atoms with E-state index >= 15 is 0 Å². The Morgan fingerprint density at radius 3 is 1.69 bits per heavy atom. The van der Waals surface area contributed by atoms with E-state index < -0.39 is 14.6 Å².